The molecule has 0 aliphatic carbocycles. The molecule has 0 atom stereocenters. The van der Waals surface area contributed by atoms with Crippen molar-refractivity contribution in [2.24, 2.45) is 0 Å². The first kappa shape index (κ1) is 15.3. The van der Waals surface area contributed by atoms with E-state index in [0.29, 0.717) is 0 Å². The van der Waals surface area contributed by atoms with Crippen molar-refractivity contribution in [3.63, 3.8) is 0 Å². The molecule has 0 amide bonds. The molecular weight excluding hydrogens is 260 g/mol. The minimum atomic E-state index is -0.0942. The van der Waals surface area contributed by atoms with Crippen LogP contribution in [0.1, 0.15) is 37.7 Å². The van der Waals surface area contributed by atoms with Gasteiger partial charge in [0.15, 0.2) is 0 Å². The molecular formula is C17H24N4. The predicted octanol–water partition coefficient (Wildman–Crippen LogP) is 4.18. The Morgan fingerprint density at radius 2 is 1.48 bits per heavy atom. The molecule has 2 aromatic rings. The molecule has 0 spiro atoms. The fourth-order valence-corrected chi connectivity index (χ4v) is 1.99. The minimum absolute atomic E-state index is 0.0942. The quantitative estimate of drug-likeness (QED) is 0.888. The Bertz CT molecular complexity index is 624. The van der Waals surface area contributed by atoms with E-state index in [1.54, 1.807) is 0 Å². The highest BCUT2D eigenvalue weighted by atomic mass is 15.1. The fourth-order valence-electron chi connectivity index (χ4n) is 1.99. The smallest absolute Gasteiger partial charge is 0.139 e. The van der Waals surface area contributed by atoms with Crippen LogP contribution < -0.4 is 10.6 Å². The summed E-state index contributed by atoms with van der Waals surface area (Å²) in [6, 6.07) is 8.30. The third-order valence-electron chi connectivity index (χ3n) is 3.37. The number of aromatic nitrogens is 2. The third-order valence-corrected chi connectivity index (χ3v) is 3.37. The monoisotopic (exact) mass is 284 g/mol. The van der Waals surface area contributed by atoms with Gasteiger partial charge in [-0.05, 0) is 26.0 Å². The molecule has 1 aromatic carbocycles. The van der Waals surface area contributed by atoms with Gasteiger partial charge in [-0.2, -0.15) is 0 Å². The van der Waals surface area contributed by atoms with Crippen LogP contribution in [0.5, 0.6) is 0 Å². The summed E-state index contributed by atoms with van der Waals surface area (Å²) in [4.78, 5) is 9.32. The first-order chi connectivity index (χ1) is 9.81. The molecule has 0 unspecified atom stereocenters. The fraction of sp³-hybridized carbons (Fsp3) is 0.412. The first-order valence-electron chi connectivity index (χ1n) is 7.22. The van der Waals surface area contributed by atoms with Crippen LogP contribution >= 0.6 is 0 Å². The number of hydrogen-bond acceptors (Lipinski definition) is 4. The molecule has 0 radical (unpaired) electrons. The summed E-state index contributed by atoms with van der Waals surface area (Å²) in [6.07, 6.45) is 0. The van der Waals surface area contributed by atoms with E-state index in [4.69, 9.17) is 4.98 Å². The van der Waals surface area contributed by atoms with Gasteiger partial charge in [0.1, 0.15) is 17.5 Å². The number of rotatable bonds is 3. The van der Waals surface area contributed by atoms with E-state index in [0.717, 1.165) is 28.7 Å². The molecule has 1 heterocycles. The standard InChI is InChI=1S/C17H24N4/c1-11-7-9-13(10-8-11)19-15-12(2)14(18-6)20-16(21-15)17(3,4)5/h7-10H,1-6H3,(H2,18,19,20,21). The molecule has 0 saturated carbocycles. The molecule has 2 rings (SSSR count). The Balaban J connectivity index is 2.44. The lowest BCUT2D eigenvalue weighted by atomic mass is 9.95. The summed E-state index contributed by atoms with van der Waals surface area (Å²) >= 11 is 0. The van der Waals surface area contributed by atoms with Crippen LogP contribution in [0.3, 0.4) is 0 Å². The highest BCUT2D eigenvalue weighted by molar-refractivity contribution is 5.65. The maximum absolute atomic E-state index is 4.71. The van der Waals surface area contributed by atoms with E-state index in [-0.39, 0.29) is 5.41 Å². The number of nitrogens with one attached hydrogen (secondary N) is 2. The van der Waals surface area contributed by atoms with Crippen LogP contribution in [0.4, 0.5) is 17.3 Å². The van der Waals surface area contributed by atoms with Crippen LogP contribution in [0, 0.1) is 13.8 Å². The van der Waals surface area contributed by atoms with Crippen LogP contribution in [0.2, 0.25) is 0 Å². The summed E-state index contributed by atoms with van der Waals surface area (Å²) in [6.45, 7) is 10.5. The third kappa shape index (κ3) is 3.51. The zero-order valence-corrected chi connectivity index (χ0v) is 13.7. The van der Waals surface area contributed by atoms with Crippen LogP contribution in [0.25, 0.3) is 0 Å². The Morgan fingerprint density at radius 1 is 0.905 bits per heavy atom. The molecule has 4 heteroatoms. The zero-order chi connectivity index (χ0) is 15.6. The lowest BCUT2D eigenvalue weighted by molar-refractivity contribution is 0.546. The molecule has 112 valence electrons. The van der Waals surface area contributed by atoms with Crippen molar-refractivity contribution in [1.82, 2.24) is 9.97 Å². The number of benzene rings is 1. The topological polar surface area (TPSA) is 49.8 Å². The van der Waals surface area contributed by atoms with Gasteiger partial charge in [-0.3, -0.25) is 0 Å². The average molecular weight is 284 g/mol. The Kier molecular flexibility index (Phi) is 4.16. The maximum Gasteiger partial charge on any atom is 0.139 e. The Labute approximate surface area is 127 Å². The molecule has 0 bridgehead atoms. The van der Waals surface area contributed by atoms with Crippen molar-refractivity contribution in [1.29, 1.82) is 0 Å². The van der Waals surface area contributed by atoms with Gasteiger partial charge in [-0.15, -0.1) is 0 Å². The van der Waals surface area contributed by atoms with Gasteiger partial charge in [0.2, 0.25) is 0 Å². The van der Waals surface area contributed by atoms with Gasteiger partial charge >= 0.3 is 0 Å². The van der Waals surface area contributed by atoms with E-state index < -0.39 is 0 Å². The molecule has 0 aliphatic heterocycles. The lowest BCUT2D eigenvalue weighted by Crippen LogP contribution is -2.18. The minimum Gasteiger partial charge on any atom is -0.373 e. The van der Waals surface area contributed by atoms with Crippen LogP contribution in [0.15, 0.2) is 24.3 Å². The molecule has 0 fully saturated rings. The number of nitrogens with zero attached hydrogens (tertiary/aromatic N) is 2. The molecule has 21 heavy (non-hydrogen) atoms. The normalized spacial score (nSPS) is 11.3. The second-order valence-corrected chi connectivity index (χ2v) is 6.36. The first-order valence-corrected chi connectivity index (χ1v) is 7.22. The SMILES string of the molecule is CNc1nc(C(C)(C)C)nc(Nc2ccc(C)cc2)c1C. The van der Waals surface area contributed by atoms with Crippen molar-refractivity contribution in [3.05, 3.63) is 41.2 Å². The molecule has 2 N–H and O–H groups in total. The molecule has 1 aromatic heterocycles. The predicted molar refractivity (Wildman–Crippen MR) is 89.5 cm³/mol. The largest absolute Gasteiger partial charge is 0.373 e. The molecule has 0 aliphatic rings. The van der Waals surface area contributed by atoms with Gasteiger partial charge < -0.3 is 10.6 Å². The zero-order valence-electron chi connectivity index (χ0n) is 13.7. The van der Waals surface area contributed by atoms with Crippen molar-refractivity contribution >= 4 is 17.3 Å². The summed E-state index contributed by atoms with van der Waals surface area (Å²) in [5.41, 5.74) is 3.20. The van der Waals surface area contributed by atoms with Gasteiger partial charge in [0.05, 0.1) is 0 Å². The Hall–Kier alpha value is -2.10. The van der Waals surface area contributed by atoms with Crippen molar-refractivity contribution in [2.45, 2.75) is 40.0 Å². The van der Waals surface area contributed by atoms with Gasteiger partial charge in [0, 0.05) is 23.7 Å². The van der Waals surface area contributed by atoms with E-state index >= 15 is 0 Å². The summed E-state index contributed by atoms with van der Waals surface area (Å²) < 4.78 is 0. The van der Waals surface area contributed by atoms with E-state index in [9.17, 15) is 0 Å². The molecule has 4 nitrogen and oxygen atoms in total. The van der Waals surface area contributed by atoms with Crippen molar-refractivity contribution in [3.8, 4) is 0 Å². The summed E-state index contributed by atoms with van der Waals surface area (Å²) in [7, 11) is 1.89. The van der Waals surface area contributed by atoms with E-state index in [1.807, 2.05) is 14.0 Å². The number of anilines is 3. The van der Waals surface area contributed by atoms with Gasteiger partial charge in [0.25, 0.3) is 0 Å². The number of aryl methyl sites for hydroxylation is 1. The lowest BCUT2D eigenvalue weighted by Gasteiger charge is -2.20. The van der Waals surface area contributed by atoms with Crippen molar-refractivity contribution < 1.29 is 0 Å². The molecule has 0 saturated heterocycles. The maximum atomic E-state index is 4.71. The van der Waals surface area contributed by atoms with Crippen molar-refractivity contribution in [2.75, 3.05) is 17.7 Å². The summed E-state index contributed by atoms with van der Waals surface area (Å²) in [5.74, 6) is 2.54. The second kappa shape index (κ2) is 5.72. The highest BCUT2D eigenvalue weighted by Gasteiger charge is 2.20. The van der Waals surface area contributed by atoms with Crippen LogP contribution in [-0.4, -0.2) is 17.0 Å². The summed E-state index contributed by atoms with van der Waals surface area (Å²) in [5, 5.41) is 6.55. The second-order valence-electron chi connectivity index (χ2n) is 6.36. The van der Waals surface area contributed by atoms with Crippen LogP contribution in [-0.2, 0) is 5.41 Å². The van der Waals surface area contributed by atoms with Gasteiger partial charge in [-0.25, -0.2) is 9.97 Å². The average Bonchev–Trinajstić information content (AvgIpc) is 2.42. The van der Waals surface area contributed by atoms with Gasteiger partial charge in [-0.1, -0.05) is 38.5 Å². The Morgan fingerprint density at radius 3 is 2.00 bits per heavy atom. The van der Waals surface area contributed by atoms with E-state index in [2.05, 4.69) is 67.6 Å². The van der Waals surface area contributed by atoms with E-state index in [1.165, 1.54) is 5.56 Å². The highest BCUT2D eigenvalue weighted by Crippen LogP contribution is 2.28. The number of hydrogen-bond donors (Lipinski definition) is 2.